The minimum Gasteiger partial charge on any atom is -0.383 e. The second-order valence-corrected chi connectivity index (χ2v) is 5.80. The second kappa shape index (κ2) is 6.49. The Balaban J connectivity index is 2.38. The molecule has 2 aromatic rings. The van der Waals surface area contributed by atoms with Crippen molar-refractivity contribution in [3.05, 3.63) is 69.2 Å². The SMILES string of the molecule is OC(CCl)(Cc1ccc(Cl)c(Cl)c1)c1ccc(F)cc1F. The fourth-order valence-corrected chi connectivity index (χ4v) is 2.63. The Morgan fingerprint density at radius 3 is 2.29 bits per heavy atom. The zero-order valence-electron chi connectivity index (χ0n) is 10.7. The third kappa shape index (κ3) is 3.67. The van der Waals surface area contributed by atoms with Crippen LogP contribution < -0.4 is 0 Å². The van der Waals surface area contributed by atoms with Gasteiger partial charge in [0.05, 0.1) is 15.9 Å². The largest absolute Gasteiger partial charge is 0.383 e. The Hall–Kier alpha value is -0.870. The van der Waals surface area contributed by atoms with Crippen LogP contribution in [-0.4, -0.2) is 11.0 Å². The number of hydrogen-bond acceptors (Lipinski definition) is 1. The van der Waals surface area contributed by atoms with Crippen molar-refractivity contribution in [3.8, 4) is 0 Å². The predicted molar refractivity (Wildman–Crippen MR) is 81.1 cm³/mol. The number of rotatable bonds is 4. The molecule has 0 saturated carbocycles. The zero-order chi connectivity index (χ0) is 15.6. The fraction of sp³-hybridized carbons (Fsp3) is 0.200. The van der Waals surface area contributed by atoms with Gasteiger partial charge in [0.25, 0.3) is 0 Å². The molecule has 0 spiro atoms. The Morgan fingerprint density at radius 2 is 1.71 bits per heavy atom. The summed E-state index contributed by atoms with van der Waals surface area (Å²) in [6.45, 7) is 0. The molecular weight excluding hydrogens is 341 g/mol. The molecule has 112 valence electrons. The molecule has 1 nitrogen and oxygen atoms in total. The normalized spacial score (nSPS) is 14.0. The lowest BCUT2D eigenvalue weighted by Gasteiger charge is -2.27. The lowest BCUT2D eigenvalue weighted by Crippen LogP contribution is -2.32. The van der Waals surface area contributed by atoms with Gasteiger partial charge in [0.1, 0.15) is 17.2 Å². The van der Waals surface area contributed by atoms with E-state index in [9.17, 15) is 13.9 Å². The monoisotopic (exact) mass is 350 g/mol. The van der Waals surface area contributed by atoms with Gasteiger partial charge in [0.2, 0.25) is 0 Å². The van der Waals surface area contributed by atoms with Gasteiger partial charge in [-0.25, -0.2) is 8.78 Å². The van der Waals surface area contributed by atoms with Crippen molar-refractivity contribution in [1.29, 1.82) is 0 Å². The first-order valence-electron chi connectivity index (χ1n) is 6.03. The smallest absolute Gasteiger partial charge is 0.132 e. The Labute approximate surface area is 136 Å². The Bertz CT molecular complexity index is 663. The summed E-state index contributed by atoms with van der Waals surface area (Å²) in [6, 6.07) is 7.78. The molecule has 0 heterocycles. The van der Waals surface area contributed by atoms with E-state index >= 15 is 0 Å². The first kappa shape index (κ1) is 16.5. The van der Waals surface area contributed by atoms with Gasteiger partial charge in [0, 0.05) is 18.1 Å². The van der Waals surface area contributed by atoms with E-state index in [4.69, 9.17) is 34.8 Å². The summed E-state index contributed by atoms with van der Waals surface area (Å²) in [4.78, 5) is 0. The molecule has 0 aliphatic carbocycles. The van der Waals surface area contributed by atoms with E-state index in [-0.39, 0.29) is 17.9 Å². The summed E-state index contributed by atoms with van der Waals surface area (Å²) in [5, 5.41) is 11.3. The average molecular weight is 352 g/mol. The van der Waals surface area contributed by atoms with Crippen LogP contribution in [0.25, 0.3) is 0 Å². The highest BCUT2D eigenvalue weighted by Crippen LogP contribution is 2.32. The third-order valence-electron chi connectivity index (χ3n) is 3.13. The summed E-state index contributed by atoms with van der Waals surface area (Å²) in [5.74, 6) is -1.82. The molecule has 0 aliphatic rings. The lowest BCUT2D eigenvalue weighted by atomic mass is 9.88. The predicted octanol–water partition coefficient (Wildman–Crippen LogP) is 4.94. The van der Waals surface area contributed by atoms with Gasteiger partial charge in [-0.2, -0.15) is 0 Å². The molecule has 1 unspecified atom stereocenters. The van der Waals surface area contributed by atoms with Crippen molar-refractivity contribution in [2.45, 2.75) is 12.0 Å². The van der Waals surface area contributed by atoms with Crippen molar-refractivity contribution in [1.82, 2.24) is 0 Å². The highest BCUT2D eigenvalue weighted by molar-refractivity contribution is 6.42. The highest BCUT2D eigenvalue weighted by atomic mass is 35.5. The van der Waals surface area contributed by atoms with Crippen LogP contribution in [0.3, 0.4) is 0 Å². The van der Waals surface area contributed by atoms with Crippen LogP contribution in [0.5, 0.6) is 0 Å². The van der Waals surface area contributed by atoms with E-state index in [2.05, 4.69) is 0 Å². The minimum atomic E-state index is -1.67. The number of aliphatic hydroxyl groups is 1. The van der Waals surface area contributed by atoms with Crippen molar-refractivity contribution < 1.29 is 13.9 Å². The summed E-state index contributed by atoms with van der Waals surface area (Å²) in [7, 11) is 0. The number of alkyl halides is 1. The maximum absolute atomic E-state index is 13.9. The number of halogens is 5. The van der Waals surface area contributed by atoms with E-state index in [0.717, 1.165) is 6.07 Å². The lowest BCUT2D eigenvalue weighted by molar-refractivity contribution is 0.0575. The Kier molecular flexibility index (Phi) is 5.10. The quantitative estimate of drug-likeness (QED) is 0.774. The van der Waals surface area contributed by atoms with Gasteiger partial charge in [-0.05, 0) is 23.8 Å². The summed E-state index contributed by atoms with van der Waals surface area (Å²) in [5.41, 5.74) is -1.10. The molecule has 0 saturated heterocycles. The standard InChI is InChI=1S/C15H11Cl3F2O/c16-8-15(21,11-3-2-10(19)6-14(11)20)7-9-1-4-12(17)13(18)5-9/h1-6,21H,7-8H2. The van der Waals surface area contributed by atoms with Crippen molar-refractivity contribution >= 4 is 34.8 Å². The maximum Gasteiger partial charge on any atom is 0.132 e. The van der Waals surface area contributed by atoms with Crippen LogP contribution >= 0.6 is 34.8 Å². The number of benzene rings is 2. The van der Waals surface area contributed by atoms with Crippen molar-refractivity contribution in [2.75, 3.05) is 5.88 Å². The molecule has 0 fully saturated rings. The van der Waals surface area contributed by atoms with Crippen molar-refractivity contribution in [2.24, 2.45) is 0 Å². The van der Waals surface area contributed by atoms with Gasteiger partial charge < -0.3 is 5.11 Å². The van der Waals surface area contributed by atoms with Crippen LogP contribution in [0.2, 0.25) is 10.0 Å². The highest BCUT2D eigenvalue weighted by Gasteiger charge is 2.32. The van der Waals surface area contributed by atoms with E-state index in [1.54, 1.807) is 18.2 Å². The second-order valence-electron chi connectivity index (χ2n) is 4.71. The fourth-order valence-electron chi connectivity index (χ4n) is 2.07. The van der Waals surface area contributed by atoms with E-state index in [1.807, 2.05) is 0 Å². The first-order valence-corrected chi connectivity index (χ1v) is 7.32. The van der Waals surface area contributed by atoms with Gasteiger partial charge in [-0.1, -0.05) is 35.3 Å². The molecule has 0 bridgehead atoms. The van der Waals surface area contributed by atoms with Gasteiger partial charge in [-0.15, -0.1) is 11.6 Å². The molecule has 0 aromatic heterocycles. The van der Waals surface area contributed by atoms with Crippen LogP contribution in [0.1, 0.15) is 11.1 Å². The van der Waals surface area contributed by atoms with Crippen molar-refractivity contribution in [3.63, 3.8) is 0 Å². The molecule has 2 rings (SSSR count). The van der Waals surface area contributed by atoms with Gasteiger partial charge >= 0.3 is 0 Å². The molecule has 21 heavy (non-hydrogen) atoms. The average Bonchev–Trinajstić information content (AvgIpc) is 2.42. The van der Waals surface area contributed by atoms with E-state index < -0.39 is 17.2 Å². The summed E-state index contributed by atoms with van der Waals surface area (Å²) < 4.78 is 26.9. The summed E-state index contributed by atoms with van der Waals surface area (Å²) >= 11 is 17.5. The van der Waals surface area contributed by atoms with Gasteiger partial charge in [0.15, 0.2) is 0 Å². The zero-order valence-corrected chi connectivity index (χ0v) is 13.0. The first-order chi connectivity index (χ1) is 9.85. The third-order valence-corrected chi connectivity index (χ3v) is 4.32. The van der Waals surface area contributed by atoms with Gasteiger partial charge in [-0.3, -0.25) is 0 Å². The van der Waals surface area contributed by atoms with E-state index in [0.29, 0.717) is 21.7 Å². The van der Waals surface area contributed by atoms with E-state index in [1.165, 1.54) is 6.07 Å². The molecule has 0 amide bonds. The molecular formula is C15H11Cl3F2O. The molecule has 0 radical (unpaired) electrons. The van der Waals surface area contributed by atoms with Crippen LogP contribution in [0.4, 0.5) is 8.78 Å². The summed E-state index contributed by atoms with van der Waals surface area (Å²) in [6.07, 6.45) is 0.0238. The van der Waals surface area contributed by atoms with Crippen LogP contribution in [-0.2, 0) is 12.0 Å². The van der Waals surface area contributed by atoms with Crippen LogP contribution in [0.15, 0.2) is 36.4 Å². The maximum atomic E-state index is 13.9. The Morgan fingerprint density at radius 1 is 1.00 bits per heavy atom. The molecule has 1 atom stereocenters. The number of hydrogen-bond donors (Lipinski definition) is 1. The minimum absolute atomic E-state index is 0.0238. The molecule has 1 N–H and O–H groups in total. The van der Waals surface area contributed by atoms with Crippen LogP contribution in [0, 0.1) is 11.6 Å². The molecule has 0 aliphatic heterocycles. The molecule has 6 heteroatoms. The molecule has 2 aromatic carbocycles. The topological polar surface area (TPSA) is 20.2 Å².